The van der Waals surface area contributed by atoms with Crippen molar-refractivity contribution in [1.29, 1.82) is 0 Å². The average molecular weight is 417 g/mol. The number of carbonyl (C=O) groups is 1. The first-order valence-electron chi connectivity index (χ1n) is 11.1. The van der Waals surface area contributed by atoms with E-state index in [1.807, 2.05) is 53.6 Å². The molecule has 1 aromatic carbocycles. The Morgan fingerprint density at radius 2 is 1.90 bits per heavy atom. The molecule has 31 heavy (non-hydrogen) atoms. The summed E-state index contributed by atoms with van der Waals surface area (Å²) in [5.41, 5.74) is 3.86. The van der Waals surface area contributed by atoms with Crippen molar-refractivity contribution in [2.45, 2.75) is 45.2 Å². The van der Waals surface area contributed by atoms with Crippen molar-refractivity contribution in [1.82, 2.24) is 19.2 Å². The van der Waals surface area contributed by atoms with Crippen molar-refractivity contribution < 1.29 is 4.79 Å². The zero-order chi connectivity index (χ0) is 21.5. The van der Waals surface area contributed by atoms with E-state index >= 15 is 0 Å². The van der Waals surface area contributed by atoms with Crippen LogP contribution in [0.3, 0.4) is 0 Å². The molecule has 4 heterocycles. The molecule has 2 aromatic heterocycles. The second-order valence-corrected chi connectivity index (χ2v) is 8.81. The Bertz CT molecular complexity index is 1160. The molecule has 6 heteroatoms. The Morgan fingerprint density at radius 1 is 1.10 bits per heavy atom. The molecule has 0 aliphatic carbocycles. The number of rotatable bonds is 4. The Labute approximate surface area is 182 Å². The first-order valence-corrected chi connectivity index (χ1v) is 11.1. The van der Waals surface area contributed by atoms with Crippen LogP contribution < -0.4 is 5.56 Å². The lowest BCUT2D eigenvalue weighted by atomic mass is 9.76. The van der Waals surface area contributed by atoms with Crippen LogP contribution in [0.5, 0.6) is 0 Å². The molecule has 0 saturated carbocycles. The molecule has 2 bridgehead atoms. The molecule has 2 aliphatic heterocycles. The lowest BCUT2D eigenvalue weighted by molar-refractivity contribution is 0.0517. The Kier molecular flexibility index (Phi) is 5.00. The molecule has 3 aromatic rings. The topological polar surface area (TPSA) is 60.1 Å². The van der Waals surface area contributed by atoms with E-state index in [0.717, 1.165) is 24.2 Å². The zero-order valence-electron chi connectivity index (χ0n) is 18.1. The van der Waals surface area contributed by atoms with Gasteiger partial charge in [-0.25, -0.2) is 0 Å². The lowest BCUT2D eigenvalue weighted by Gasteiger charge is -2.47. The summed E-state index contributed by atoms with van der Waals surface area (Å²) in [5, 5.41) is 4.46. The van der Waals surface area contributed by atoms with Crippen molar-refractivity contribution >= 4 is 5.91 Å². The third kappa shape index (κ3) is 3.50. The largest absolute Gasteiger partial charge is 0.336 e. The normalized spacial score (nSPS) is 22.3. The standard InChI is InChI=1S/C25H28N4O2/c1-3-28-23(12-17(2)26-28)25(31)27-15-19-14-20(16-27)22(13-18-8-5-4-6-9-18)29-21(19)10-7-11-24(29)30/h4-12,19-20,22H,3,13-16H2,1-2H3/t19-,20+,22+/m1/s1. The summed E-state index contributed by atoms with van der Waals surface area (Å²) < 4.78 is 3.80. The van der Waals surface area contributed by atoms with Crippen molar-refractivity contribution in [3.05, 3.63) is 87.6 Å². The fraction of sp³-hybridized carbons (Fsp3) is 0.400. The monoisotopic (exact) mass is 416 g/mol. The fourth-order valence-electron chi connectivity index (χ4n) is 5.45. The molecule has 0 unspecified atom stereocenters. The molecule has 2 aliphatic rings. The predicted octanol–water partition coefficient (Wildman–Crippen LogP) is 3.42. The highest BCUT2D eigenvalue weighted by atomic mass is 16.2. The third-order valence-corrected chi connectivity index (χ3v) is 6.79. The predicted molar refractivity (Wildman–Crippen MR) is 119 cm³/mol. The molecule has 0 spiro atoms. The van der Waals surface area contributed by atoms with Gasteiger partial charge >= 0.3 is 0 Å². The molecular weight excluding hydrogens is 388 g/mol. The molecule has 1 amide bonds. The van der Waals surface area contributed by atoms with Gasteiger partial charge in [-0.05, 0) is 50.3 Å². The SMILES string of the molecule is CCn1nc(C)cc1C(=O)N1C[C@H]2C[C@@H](C1)[C@H](Cc1ccccc1)n1c2cccc1=O. The smallest absolute Gasteiger partial charge is 0.272 e. The van der Waals surface area contributed by atoms with Crippen LogP contribution in [0, 0.1) is 12.8 Å². The zero-order valence-corrected chi connectivity index (χ0v) is 18.1. The number of nitrogens with zero attached hydrogens (tertiary/aromatic N) is 4. The number of aryl methyl sites for hydroxylation is 2. The number of piperidine rings is 1. The van der Waals surface area contributed by atoms with Crippen LogP contribution >= 0.6 is 0 Å². The van der Waals surface area contributed by atoms with Gasteiger partial charge in [0.05, 0.1) is 5.69 Å². The maximum Gasteiger partial charge on any atom is 0.272 e. The molecule has 0 N–H and O–H groups in total. The van der Waals surface area contributed by atoms with Crippen molar-refractivity contribution in [2.75, 3.05) is 13.1 Å². The highest BCUT2D eigenvalue weighted by Crippen LogP contribution is 2.42. The van der Waals surface area contributed by atoms with Crippen LogP contribution in [0.2, 0.25) is 0 Å². The fourth-order valence-corrected chi connectivity index (χ4v) is 5.45. The van der Waals surface area contributed by atoms with E-state index in [1.54, 1.807) is 10.7 Å². The summed E-state index contributed by atoms with van der Waals surface area (Å²) in [4.78, 5) is 28.3. The van der Waals surface area contributed by atoms with Gasteiger partial charge in [0.1, 0.15) is 5.69 Å². The molecule has 160 valence electrons. The van der Waals surface area contributed by atoms with Crippen molar-refractivity contribution in [3.8, 4) is 0 Å². The first kappa shape index (κ1) is 19.8. The van der Waals surface area contributed by atoms with Gasteiger partial charge in [0.25, 0.3) is 11.5 Å². The number of hydrogen-bond donors (Lipinski definition) is 0. The van der Waals surface area contributed by atoms with Crippen LogP contribution in [0.25, 0.3) is 0 Å². The van der Waals surface area contributed by atoms with Gasteiger partial charge in [-0.15, -0.1) is 0 Å². The van der Waals surface area contributed by atoms with Crippen LogP contribution in [-0.4, -0.2) is 38.2 Å². The van der Waals surface area contributed by atoms with E-state index in [9.17, 15) is 9.59 Å². The minimum absolute atomic E-state index is 0.0438. The molecule has 1 fully saturated rings. The van der Waals surface area contributed by atoms with E-state index in [1.165, 1.54) is 5.56 Å². The molecular formula is C25H28N4O2. The quantitative estimate of drug-likeness (QED) is 0.655. The van der Waals surface area contributed by atoms with E-state index in [2.05, 4.69) is 23.3 Å². The summed E-state index contributed by atoms with van der Waals surface area (Å²) in [7, 11) is 0. The summed E-state index contributed by atoms with van der Waals surface area (Å²) in [5.74, 6) is 0.472. The summed E-state index contributed by atoms with van der Waals surface area (Å²) >= 11 is 0. The molecule has 5 rings (SSSR count). The molecule has 6 nitrogen and oxygen atoms in total. The molecule has 3 atom stereocenters. The maximum atomic E-state index is 13.5. The summed E-state index contributed by atoms with van der Waals surface area (Å²) in [6.07, 6.45) is 1.81. The summed E-state index contributed by atoms with van der Waals surface area (Å²) in [6, 6.07) is 17.9. The number of hydrogen-bond acceptors (Lipinski definition) is 3. The third-order valence-electron chi connectivity index (χ3n) is 6.79. The highest BCUT2D eigenvalue weighted by molar-refractivity contribution is 5.93. The number of likely N-dealkylation sites (tertiary alicyclic amines) is 1. The Hall–Kier alpha value is -3.15. The van der Waals surface area contributed by atoms with E-state index in [-0.39, 0.29) is 29.3 Å². The van der Waals surface area contributed by atoms with Crippen molar-refractivity contribution in [3.63, 3.8) is 0 Å². The van der Waals surface area contributed by atoms with Gasteiger partial charge in [-0.3, -0.25) is 14.3 Å². The number of fused-ring (bicyclic) bond motifs is 4. The second kappa shape index (κ2) is 7.84. The van der Waals surface area contributed by atoms with E-state index in [4.69, 9.17) is 0 Å². The van der Waals surface area contributed by atoms with Gasteiger partial charge in [-0.1, -0.05) is 36.4 Å². The maximum absolute atomic E-state index is 13.5. The minimum Gasteiger partial charge on any atom is -0.336 e. The average Bonchev–Trinajstić information content (AvgIpc) is 3.17. The number of aromatic nitrogens is 3. The highest BCUT2D eigenvalue weighted by Gasteiger charge is 2.42. The molecule has 0 radical (unpaired) electrons. The molecule has 1 saturated heterocycles. The lowest BCUT2D eigenvalue weighted by Crippen LogP contribution is -2.51. The summed E-state index contributed by atoms with van der Waals surface area (Å²) in [6.45, 7) is 5.91. The van der Waals surface area contributed by atoms with Crippen LogP contribution in [0.1, 0.15) is 52.7 Å². The Balaban J connectivity index is 1.51. The van der Waals surface area contributed by atoms with Gasteiger partial charge in [-0.2, -0.15) is 5.10 Å². The second-order valence-electron chi connectivity index (χ2n) is 8.81. The van der Waals surface area contributed by atoms with Gasteiger partial charge in [0.2, 0.25) is 0 Å². The van der Waals surface area contributed by atoms with Crippen LogP contribution in [-0.2, 0) is 13.0 Å². The Morgan fingerprint density at radius 3 is 2.68 bits per heavy atom. The number of carbonyl (C=O) groups excluding carboxylic acids is 1. The van der Waals surface area contributed by atoms with Crippen LogP contribution in [0.4, 0.5) is 0 Å². The van der Waals surface area contributed by atoms with Gasteiger partial charge in [0.15, 0.2) is 0 Å². The van der Waals surface area contributed by atoms with E-state index in [0.29, 0.717) is 25.3 Å². The van der Waals surface area contributed by atoms with Crippen LogP contribution in [0.15, 0.2) is 59.4 Å². The number of amides is 1. The van der Waals surface area contributed by atoms with Gasteiger partial charge in [0, 0.05) is 43.4 Å². The number of pyridine rings is 1. The minimum atomic E-state index is 0.0438. The van der Waals surface area contributed by atoms with E-state index < -0.39 is 0 Å². The first-order chi connectivity index (χ1) is 15.0. The van der Waals surface area contributed by atoms with Crippen molar-refractivity contribution in [2.24, 2.45) is 5.92 Å². The van der Waals surface area contributed by atoms with Gasteiger partial charge < -0.3 is 9.47 Å². The number of benzene rings is 1.